The monoisotopic (exact) mass is 274 g/mol. The Hall–Kier alpha value is -1.63. The van der Waals surface area contributed by atoms with E-state index >= 15 is 0 Å². The molecule has 1 aromatic carbocycles. The lowest BCUT2D eigenvalue weighted by molar-refractivity contribution is 0.0953. The van der Waals surface area contributed by atoms with Crippen molar-refractivity contribution < 1.29 is 17.6 Å². The van der Waals surface area contributed by atoms with Crippen molar-refractivity contribution >= 4 is 21.4 Å². The van der Waals surface area contributed by atoms with Crippen molar-refractivity contribution in [1.82, 2.24) is 5.32 Å². The Morgan fingerprint density at radius 1 is 1.44 bits per heavy atom. The summed E-state index contributed by atoms with van der Waals surface area (Å²) < 4.78 is 34.8. The summed E-state index contributed by atoms with van der Waals surface area (Å²) in [6, 6.07) is 3.76. The molecule has 0 aliphatic rings. The smallest absolute Gasteiger partial charge is 0.251 e. The molecule has 1 aromatic rings. The van der Waals surface area contributed by atoms with E-state index in [1.165, 1.54) is 12.1 Å². The number of nitrogen functional groups attached to an aromatic ring is 1. The first-order chi connectivity index (χ1) is 8.29. The van der Waals surface area contributed by atoms with Crippen LogP contribution >= 0.6 is 0 Å². The number of amides is 1. The minimum Gasteiger partial charge on any atom is -0.396 e. The summed E-state index contributed by atoms with van der Waals surface area (Å²) in [5.41, 5.74) is 5.41. The average Bonchev–Trinajstić information content (AvgIpc) is 2.26. The van der Waals surface area contributed by atoms with Crippen molar-refractivity contribution in [3.63, 3.8) is 0 Å². The first kappa shape index (κ1) is 14.4. The molecule has 3 N–H and O–H groups in total. The number of halogens is 1. The first-order valence-electron chi connectivity index (χ1n) is 5.30. The molecule has 0 atom stereocenters. The second-order valence-corrected chi connectivity index (χ2v) is 6.24. The summed E-state index contributed by atoms with van der Waals surface area (Å²) in [7, 11) is -3.03. The lowest BCUT2D eigenvalue weighted by Gasteiger charge is -2.05. The molecule has 0 fully saturated rings. The highest BCUT2D eigenvalue weighted by Gasteiger charge is 2.08. The summed E-state index contributed by atoms with van der Waals surface area (Å²) in [4.78, 5) is 11.6. The van der Waals surface area contributed by atoms with Gasteiger partial charge >= 0.3 is 0 Å². The molecule has 1 amide bonds. The molecule has 0 aliphatic heterocycles. The van der Waals surface area contributed by atoms with Crippen molar-refractivity contribution in [2.45, 2.75) is 6.42 Å². The Morgan fingerprint density at radius 2 is 2.11 bits per heavy atom. The summed E-state index contributed by atoms with van der Waals surface area (Å²) in [6.45, 7) is 0.220. The van der Waals surface area contributed by atoms with Crippen molar-refractivity contribution in [3.8, 4) is 0 Å². The Bertz CT molecular complexity index is 543. The SMILES string of the molecule is CS(=O)(=O)CCCNC(=O)c1ccc(N)c(F)c1. The number of anilines is 1. The van der Waals surface area contributed by atoms with Crippen LogP contribution in [0.4, 0.5) is 10.1 Å². The summed E-state index contributed by atoms with van der Waals surface area (Å²) >= 11 is 0. The van der Waals surface area contributed by atoms with Gasteiger partial charge in [0, 0.05) is 18.4 Å². The molecule has 0 bridgehead atoms. The zero-order chi connectivity index (χ0) is 13.8. The molecule has 0 saturated carbocycles. The van der Waals surface area contributed by atoms with E-state index in [4.69, 9.17) is 5.73 Å². The third-order valence-corrected chi connectivity index (χ3v) is 3.27. The van der Waals surface area contributed by atoms with Crippen LogP contribution in [-0.2, 0) is 9.84 Å². The number of sulfone groups is 1. The van der Waals surface area contributed by atoms with E-state index in [0.29, 0.717) is 6.42 Å². The highest BCUT2D eigenvalue weighted by Crippen LogP contribution is 2.11. The topological polar surface area (TPSA) is 89.3 Å². The summed E-state index contributed by atoms with van der Waals surface area (Å²) in [6.07, 6.45) is 1.45. The highest BCUT2D eigenvalue weighted by molar-refractivity contribution is 7.90. The Labute approximate surface area is 105 Å². The molecule has 1 rings (SSSR count). The summed E-state index contributed by atoms with van der Waals surface area (Å²) in [5, 5.41) is 2.51. The van der Waals surface area contributed by atoms with Crippen LogP contribution in [-0.4, -0.2) is 32.9 Å². The van der Waals surface area contributed by atoms with Gasteiger partial charge in [-0.25, -0.2) is 12.8 Å². The van der Waals surface area contributed by atoms with E-state index in [0.717, 1.165) is 12.3 Å². The highest BCUT2D eigenvalue weighted by atomic mass is 32.2. The second kappa shape index (κ2) is 5.81. The van der Waals surface area contributed by atoms with Gasteiger partial charge in [-0.2, -0.15) is 0 Å². The number of rotatable bonds is 5. The van der Waals surface area contributed by atoms with Crippen LogP contribution in [0.3, 0.4) is 0 Å². The number of benzene rings is 1. The molecule has 100 valence electrons. The van der Waals surface area contributed by atoms with E-state index in [1.54, 1.807) is 0 Å². The average molecular weight is 274 g/mol. The molecule has 0 unspecified atom stereocenters. The molecular formula is C11H15FN2O3S. The molecule has 18 heavy (non-hydrogen) atoms. The van der Waals surface area contributed by atoms with Gasteiger partial charge in [0.2, 0.25) is 0 Å². The number of carbonyl (C=O) groups excluding carboxylic acids is 1. The van der Waals surface area contributed by atoms with E-state index in [-0.39, 0.29) is 23.5 Å². The van der Waals surface area contributed by atoms with Crippen LogP contribution in [0, 0.1) is 5.82 Å². The van der Waals surface area contributed by atoms with E-state index in [2.05, 4.69) is 5.32 Å². The zero-order valence-electron chi connectivity index (χ0n) is 9.94. The molecule has 0 spiro atoms. The predicted octanol–water partition coefficient (Wildman–Crippen LogP) is 0.572. The quantitative estimate of drug-likeness (QED) is 0.607. The van der Waals surface area contributed by atoms with Crippen molar-refractivity contribution in [2.75, 3.05) is 24.3 Å². The predicted molar refractivity (Wildman–Crippen MR) is 67.5 cm³/mol. The fourth-order valence-corrected chi connectivity index (χ4v) is 1.98. The van der Waals surface area contributed by atoms with Crippen LogP contribution in [0.15, 0.2) is 18.2 Å². The van der Waals surface area contributed by atoms with Gasteiger partial charge in [0.15, 0.2) is 0 Å². The van der Waals surface area contributed by atoms with Gasteiger partial charge in [-0.1, -0.05) is 0 Å². The largest absolute Gasteiger partial charge is 0.396 e. The minimum atomic E-state index is -3.03. The molecule has 0 radical (unpaired) electrons. The molecule has 0 aromatic heterocycles. The lowest BCUT2D eigenvalue weighted by atomic mass is 10.2. The minimum absolute atomic E-state index is 0.00335. The molecular weight excluding hydrogens is 259 g/mol. The first-order valence-corrected chi connectivity index (χ1v) is 7.36. The molecule has 0 heterocycles. The normalized spacial score (nSPS) is 11.2. The number of hydrogen-bond acceptors (Lipinski definition) is 4. The zero-order valence-corrected chi connectivity index (χ0v) is 10.8. The van der Waals surface area contributed by atoms with E-state index in [1.807, 2.05) is 0 Å². The second-order valence-electron chi connectivity index (χ2n) is 3.98. The Kier molecular flexibility index (Phi) is 4.66. The van der Waals surface area contributed by atoms with E-state index in [9.17, 15) is 17.6 Å². The van der Waals surface area contributed by atoms with Crippen LogP contribution in [0.5, 0.6) is 0 Å². The lowest BCUT2D eigenvalue weighted by Crippen LogP contribution is -2.26. The Morgan fingerprint density at radius 3 is 2.67 bits per heavy atom. The maximum Gasteiger partial charge on any atom is 0.251 e. The third-order valence-electron chi connectivity index (χ3n) is 2.24. The number of hydrogen-bond donors (Lipinski definition) is 2. The number of carbonyl (C=O) groups is 1. The molecule has 7 heteroatoms. The van der Waals surface area contributed by atoms with Crippen LogP contribution in [0.25, 0.3) is 0 Å². The van der Waals surface area contributed by atoms with Gasteiger partial charge in [0.1, 0.15) is 15.7 Å². The molecule has 0 aliphatic carbocycles. The van der Waals surface area contributed by atoms with E-state index < -0.39 is 21.6 Å². The third kappa shape index (κ3) is 4.70. The Balaban J connectivity index is 2.48. The standard InChI is InChI=1S/C11H15FN2O3S/c1-18(16,17)6-2-5-14-11(15)8-3-4-10(13)9(12)7-8/h3-4,7H,2,5-6,13H2,1H3,(H,14,15). The fraction of sp³-hybridized carbons (Fsp3) is 0.364. The fourth-order valence-electron chi connectivity index (χ4n) is 1.31. The summed E-state index contributed by atoms with van der Waals surface area (Å²) in [5.74, 6) is -1.11. The van der Waals surface area contributed by atoms with Crippen molar-refractivity contribution in [3.05, 3.63) is 29.6 Å². The number of nitrogens with two attached hydrogens (primary N) is 1. The molecule has 0 saturated heterocycles. The maximum atomic E-state index is 13.1. The van der Waals surface area contributed by atoms with Gasteiger partial charge in [0.05, 0.1) is 11.4 Å². The van der Waals surface area contributed by atoms with Crippen LogP contribution < -0.4 is 11.1 Å². The number of nitrogens with one attached hydrogen (secondary N) is 1. The van der Waals surface area contributed by atoms with Crippen molar-refractivity contribution in [1.29, 1.82) is 0 Å². The van der Waals surface area contributed by atoms with Crippen LogP contribution in [0.2, 0.25) is 0 Å². The van der Waals surface area contributed by atoms with Crippen LogP contribution in [0.1, 0.15) is 16.8 Å². The van der Waals surface area contributed by atoms with Gasteiger partial charge in [-0.15, -0.1) is 0 Å². The van der Waals surface area contributed by atoms with Gasteiger partial charge in [-0.05, 0) is 24.6 Å². The maximum absolute atomic E-state index is 13.1. The van der Waals surface area contributed by atoms with Crippen molar-refractivity contribution in [2.24, 2.45) is 0 Å². The van der Waals surface area contributed by atoms with Gasteiger partial charge < -0.3 is 11.1 Å². The van der Waals surface area contributed by atoms with Gasteiger partial charge in [0.25, 0.3) is 5.91 Å². The van der Waals surface area contributed by atoms with Gasteiger partial charge in [-0.3, -0.25) is 4.79 Å². The molecule has 5 nitrogen and oxygen atoms in total.